The highest BCUT2D eigenvalue weighted by atomic mass is 35.5. The predicted octanol–water partition coefficient (Wildman–Crippen LogP) is 2.33. The van der Waals surface area contributed by atoms with Crippen LogP contribution in [0, 0.1) is 5.82 Å². The highest BCUT2D eigenvalue weighted by molar-refractivity contribution is 6.33. The first-order valence-electron chi connectivity index (χ1n) is 4.65. The normalized spacial score (nSPS) is 10.2. The van der Waals surface area contributed by atoms with Gasteiger partial charge in [-0.2, -0.15) is 0 Å². The Morgan fingerprint density at radius 3 is 2.88 bits per heavy atom. The van der Waals surface area contributed by atoms with Gasteiger partial charge in [-0.05, 0) is 18.2 Å². The number of hydrogen-bond acceptors (Lipinski definition) is 4. The largest absolute Gasteiger partial charge is 0.382 e. The van der Waals surface area contributed by atoms with Crippen molar-refractivity contribution < 1.29 is 9.18 Å². The van der Waals surface area contributed by atoms with Gasteiger partial charge in [-0.15, -0.1) is 0 Å². The van der Waals surface area contributed by atoms with Crippen molar-refractivity contribution >= 4 is 23.7 Å². The van der Waals surface area contributed by atoms with E-state index in [0.717, 1.165) is 0 Å². The van der Waals surface area contributed by atoms with Crippen molar-refractivity contribution in [2.24, 2.45) is 0 Å². The Labute approximate surface area is 101 Å². The summed E-state index contributed by atoms with van der Waals surface area (Å²) in [4.78, 5) is 18.4. The average Bonchev–Trinajstić information content (AvgIpc) is 2.33. The molecule has 1 aromatic carbocycles. The number of carbonyl (C=O) groups excluding carboxylic acids is 1. The number of hydrogen-bond donors (Lipinski definition) is 1. The van der Waals surface area contributed by atoms with E-state index in [1.165, 1.54) is 24.4 Å². The Kier molecular flexibility index (Phi) is 3.01. The summed E-state index contributed by atoms with van der Waals surface area (Å²) in [6.07, 6.45) is 1.82. The molecule has 0 aliphatic rings. The Morgan fingerprint density at radius 2 is 2.18 bits per heavy atom. The minimum absolute atomic E-state index is 0.00262. The molecule has 17 heavy (non-hydrogen) atoms. The maximum atomic E-state index is 13.1. The fourth-order valence-electron chi connectivity index (χ4n) is 1.32. The summed E-state index contributed by atoms with van der Waals surface area (Å²) in [5, 5.41) is 0.322. The lowest BCUT2D eigenvalue weighted by Crippen LogP contribution is -2.01. The molecule has 0 saturated heterocycles. The van der Waals surface area contributed by atoms with Crippen LogP contribution in [0.1, 0.15) is 10.5 Å². The van der Waals surface area contributed by atoms with Gasteiger partial charge in [0, 0.05) is 5.56 Å². The van der Waals surface area contributed by atoms with Crippen molar-refractivity contribution in [2.45, 2.75) is 0 Å². The van der Waals surface area contributed by atoms with Crippen molar-refractivity contribution in [2.75, 3.05) is 5.73 Å². The molecule has 4 nitrogen and oxygen atoms in total. The van der Waals surface area contributed by atoms with Crippen molar-refractivity contribution in [3.63, 3.8) is 0 Å². The van der Waals surface area contributed by atoms with E-state index in [0.29, 0.717) is 22.6 Å². The molecule has 2 N–H and O–H groups in total. The molecule has 6 heteroatoms. The van der Waals surface area contributed by atoms with Crippen LogP contribution in [-0.4, -0.2) is 16.3 Å². The van der Waals surface area contributed by atoms with Gasteiger partial charge >= 0.3 is 0 Å². The van der Waals surface area contributed by atoms with Gasteiger partial charge in [0.05, 0.1) is 16.9 Å². The third-order valence-electron chi connectivity index (χ3n) is 2.15. The molecule has 0 amide bonds. The third-order valence-corrected chi connectivity index (χ3v) is 2.47. The monoisotopic (exact) mass is 251 g/mol. The minimum atomic E-state index is -0.448. The van der Waals surface area contributed by atoms with E-state index >= 15 is 0 Å². The highest BCUT2D eigenvalue weighted by Crippen LogP contribution is 2.27. The standard InChI is InChI=1S/C11H7ClFN3O/c12-8-2-1-6(13)3-7(8)9-4-15-11(14)10(5-17)16-9/h1-5H,(H2,14,15). The molecule has 0 radical (unpaired) electrons. The van der Waals surface area contributed by atoms with Crippen molar-refractivity contribution in [1.82, 2.24) is 9.97 Å². The zero-order valence-electron chi connectivity index (χ0n) is 8.52. The number of carbonyl (C=O) groups is 1. The predicted molar refractivity (Wildman–Crippen MR) is 62.2 cm³/mol. The molecule has 0 aliphatic heterocycles. The summed E-state index contributed by atoms with van der Waals surface area (Å²) >= 11 is 5.91. The third kappa shape index (κ3) is 2.24. The number of aromatic nitrogens is 2. The second kappa shape index (κ2) is 4.47. The molecule has 1 aromatic heterocycles. The number of anilines is 1. The summed E-state index contributed by atoms with van der Waals surface area (Å²) in [6.45, 7) is 0. The number of halogens is 2. The summed E-state index contributed by atoms with van der Waals surface area (Å²) in [5.74, 6) is -0.424. The fourth-order valence-corrected chi connectivity index (χ4v) is 1.54. The van der Waals surface area contributed by atoms with E-state index in [1.807, 2.05) is 0 Å². The van der Waals surface area contributed by atoms with Crippen LogP contribution >= 0.6 is 11.6 Å². The molecule has 0 fully saturated rings. The van der Waals surface area contributed by atoms with Crippen LogP contribution in [-0.2, 0) is 0 Å². The maximum Gasteiger partial charge on any atom is 0.172 e. The number of rotatable bonds is 2. The van der Waals surface area contributed by atoms with Gasteiger partial charge in [0.25, 0.3) is 0 Å². The summed E-state index contributed by atoms with van der Waals surface area (Å²) in [5.41, 5.74) is 6.10. The van der Waals surface area contributed by atoms with E-state index in [1.54, 1.807) is 0 Å². The van der Waals surface area contributed by atoms with Crippen LogP contribution in [0.5, 0.6) is 0 Å². The average molecular weight is 252 g/mol. The van der Waals surface area contributed by atoms with Gasteiger partial charge in [0.2, 0.25) is 0 Å². The van der Waals surface area contributed by atoms with Gasteiger partial charge in [0.1, 0.15) is 11.5 Å². The van der Waals surface area contributed by atoms with E-state index in [2.05, 4.69) is 9.97 Å². The van der Waals surface area contributed by atoms with Gasteiger partial charge in [-0.25, -0.2) is 14.4 Å². The molecular weight excluding hydrogens is 245 g/mol. The van der Waals surface area contributed by atoms with Crippen LogP contribution in [0.2, 0.25) is 5.02 Å². The van der Waals surface area contributed by atoms with Gasteiger partial charge in [-0.3, -0.25) is 4.79 Å². The van der Waals surface area contributed by atoms with Gasteiger partial charge in [-0.1, -0.05) is 11.6 Å². The molecule has 0 bridgehead atoms. The topological polar surface area (TPSA) is 68.9 Å². The van der Waals surface area contributed by atoms with Gasteiger partial charge in [0.15, 0.2) is 12.1 Å². The zero-order chi connectivity index (χ0) is 12.4. The lowest BCUT2D eigenvalue weighted by atomic mass is 10.1. The molecule has 0 aliphatic carbocycles. The van der Waals surface area contributed by atoms with Crippen molar-refractivity contribution in [3.8, 4) is 11.3 Å². The Hall–Kier alpha value is -2.01. The first-order valence-corrected chi connectivity index (χ1v) is 5.02. The Bertz CT molecular complexity index is 589. The number of nitrogens with zero attached hydrogens (tertiary/aromatic N) is 2. The Morgan fingerprint density at radius 1 is 1.41 bits per heavy atom. The zero-order valence-corrected chi connectivity index (χ0v) is 9.28. The van der Waals surface area contributed by atoms with E-state index < -0.39 is 5.82 Å². The molecular formula is C11H7ClFN3O. The molecule has 2 rings (SSSR count). The van der Waals surface area contributed by atoms with Crippen LogP contribution < -0.4 is 5.73 Å². The van der Waals surface area contributed by atoms with Crippen molar-refractivity contribution in [1.29, 1.82) is 0 Å². The molecule has 0 saturated carbocycles. The van der Waals surface area contributed by atoms with Crippen LogP contribution in [0.3, 0.4) is 0 Å². The van der Waals surface area contributed by atoms with Crippen LogP contribution in [0.4, 0.5) is 10.2 Å². The fraction of sp³-hybridized carbons (Fsp3) is 0. The molecule has 2 aromatic rings. The van der Waals surface area contributed by atoms with E-state index in [4.69, 9.17) is 17.3 Å². The number of benzene rings is 1. The summed E-state index contributed by atoms with van der Waals surface area (Å²) in [6, 6.07) is 3.86. The number of nitrogen functional groups attached to an aromatic ring is 1. The van der Waals surface area contributed by atoms with E-state index in [9.17, 15) is 9.18 Å². The molecule has 0 atom stereocenters. The number of aldehydes is 1. The van der Waals surface area contributed by atoms with Crippen LogP contribution in [0.15, 0.2) is 24.4 Å². The SMILES string of the molecule is Nc1ncc(-c2cc(F)ccc2Cl)nc1C=O. The Balaban J connectivity index is 2.60. The number of nitrogens with two attached hydrogens (primary N) is 1. The molecule has 0 unspecified atom stereocenters. The molecule has 86 valence electrons. The lowest BCUT2D eigenvalue weighted by Gasteiger charge is -2.05. The summed E-state index contributed by atoms with van der Waals surface area (Å²) < 4.78 is 13.1. The smallest absolute Gasteiger partial charge is 0.172 e. The first-order chi connectivity index (χ1) is 8.11. The van der Waals surface area contributed by atoms with Crippen LogP contribution in [0.25, 0.3) is 11.3 Å². The minimum Gasteiger partial charge on any atom is -0.382 e. The summed E-state index contributed by atoms with van der Waals surface area (Å²) in [7, 11) is 0. The van der Waals surface area contributed by atoms with E-state index in [-0.39, 0.29) is 11.5 Å². The second-order valence-electron chi connectivity index (χ2n) is 3.27. The maximum absolute atomic E-state index is 13.1. The quantitative estimate of drug-likeness (QED) is 0.832. The second-order valence-corrected chi connectivity index (χ2v) is 3.67. The van der Waals surface area contributed by atoms with Gasteiger partial charge < -0.3 is 5.73 Å². The lowest BCUT2D eigenvalue weighted by molar-refractivity contribution is 0.111. The molecule has 1 heterocycles. The highest BCUT2D eigenvalue weighted by Gasteiger charge is 2.09. The molecule has 0 spiro atoms. The first kappa shape index (κ1) is 11.5. The van der Waals surface area contributed by atoms with Crippen molar-refractivity contribution in [3.05, 3.63) is 40.9 Å².